The molecular weight excluding hydrogens is 270 g/mol. The lowest BCUT2D eigenvalue weighted by Gasteiger charge is -2.36. The molecule has 2 rings (SSSR count). The Hall–Kier alpha value is -1.76. The quantitative estimate of drug-likeness (QED) is 0.684. The van der Waals surface area contributed by atoms with Gasteiger partial charge in [0.05, 0.1) is 22.7 Å². The maximum atomic E-state index is 13.8. The number of halogens is 2. The highest BCUT2D eigenvalue weighted by atomic mass is 19.1. The summed E-state index contributed by atoms with van der Waals surface area (Å²) in [6.45, 7) is 4.31. The van der Waals surface area contributed by atoms with Crippen molar-refractivity contribution in [1.82, 2.24) is 0 Å². The number of benzene rings is 1. The molecule has 0 saturated carbocycles. The second-order valence-corrected chi connectivity index (χ2v) is 5.48. The first kappa shape index (κ1) is 14.6. The fourth-order valence-electron chi connectivity index (χ4n) is 2.36. The van der Waals surface area contributed by atoms with Crippen LogP contribution in [0.3, 0.4) is 0 Å². The second-order valence-electron chi connectivity index (χ2n) is 5.48. The lowest BCUT2D eigenvalue weighted by atomic mass is 9.94. The molecule has 1 aromatic carbocycles. The Balaban J connectivity index is 2.19. The summed E-state index contributed by atoms with van der Waals surface area (Å²) in [5.74, 6) is -1.91. The van der Waals surface area contributed by atoms with Crippen molar-refractivity contribution in [3.8, 4) is 0 Å². The molecule has 20 heavy (non-hydrogen) atoms. The van der Waals surface area contributed by atoms with Crippen molar-refractivity contribution in [3.05, 3.63) is 33.9 Å². The van der Waals surface area contributed by atoms with Crippen molar-refractivity contribution in [2.24, 2.45) is 0 Å². The standard InChI is InChI=1S/C13H16F2N2O3/c1-13(2)7-8(3-4-20-13)16-12-10(14)5-9(17(18)19)6-11(12)15/h5-6,8,16H,3-4,7H2,1-2H3. The van der Waals surface area contributed by atoms with Crippen molar-refractivity contribution in [3.63, 3.8) is 0 Å². The third-order valence-electron chi connectivity index (χ3n) is 3.28. The van der Waals surface area contributed by atoms with E-state index in [2.05, 4.69) is 5.32 Å². The van der Waals surface area contributed by atoms with Crippen molar-refractivity contribution >= 4 is 11.4 Å². The van der Waals surface area contributed by atoms with E-state index in [4.69, 9.17) is 4.74 Å². The molecule has 0 aliphatic carbocycles. The largest absolute Gasteiger partial charge is 0.377 e. The maximum absolute atomic E-state index is 13.8. The Morgan fingerprint density at radius 2 is 2.00 bits per heavy atom. The molecule has 1 aromatic rings. The first-order valence-corrected chi connectivity index (χ1v) is 6.32. The van der Waals surface area contributed by atoms with Crippen molar-refractivity contribution in [2.45, 2.75) is 38.3 Å². The van der Waals surface area contributed by atoms with Gasteiger partial charge in [-0.25, -0.2) is 8.78 Å². The predicted octanol–water partition coefficient (Wildman–Crippen LogP) is 3.24. The molecule has 0 bridgehead atoms. The summed E-state index contributed by atoms with van der Waals surface area (Å²) in [5, 5.41) is 13.3. The molecular formula is C13H16F2N2O3. The maximum Gasteiger partial charge on any atom is 0.275 e. The van der Waals surface area contributed by atoms with Gasteiger partial charge in [-0.05, 0) is 26.7 Å². The van der Waals surface area contributed by atoms with E-state index >= 15 is 0 Å². The van der Waals surface area contributed by atoms with E-state index in [-0.39, 0.29) is 17.3 Å². The molecule has 0 aromatic heterocycles. The first-order chi connectivity index (χ1) is 9.28. The number of non-ortho nitro benzene ring substituents is 1. The van der Waals surface area contributed by atoms with Gasteiger partial charge < -0.3 is 10.1 Å². The minimum Gasteiger partial charge on any atom is -0.377 e. The van der Waals surface area contributed by atoms with E-state index in [0.29, 0.717) is 19.4 Å². The van der Waals surface area contributed by atoms with Crippen LogP contribution in [0, 0.1) is 21.7 Å². The molecule has 1 aliphatic rings. The van der Waals surface area contributed by atoms with E-state index in [1.165, 1.54) is 0 Å². The Morgan fingerprint density at radius 3 is 2.50 bits per heavy atom. The lowest BCUT2D eigenvalue weighted by Crippen LogP contribution is -2.40. The fraction of sp³-hybridized carbons (Fsp3) is 0.538. The molecule has 0 amide bonds. The highest BCUT2D eigenvalue weighted by Gasteiger charge is 2.30. The average Bonchev–Trinajstić information content (AvgIpc) is 2.32. The van der Waals surface area contributed by atoms with Crippen LogP contribution in [0.1, 0.15) is 26.7 Å². The molecule has 1 unspecified atom stereocenters. The number of rotatable bonds is 3. The molecule has 1 aliphatic heterocycles. The molecule has 0 spiro atoms. The number of hydrogen-bond acceptors (Lipinski definition) is 4. The van der Waals surface area contributed by atoms with Gasteiger partial charge in [0.25, 0.3) is 5.69 Å². The fourth-order valence-corrected chi connectivity index (χ4v) is 2.36. The molecule has 110 valence electrons. The molecule has 5 nitrogen and oxygen atoms in total. The normalized spacial score (nSPS) is 21.5. The summed E-state index contributed by atoms with van der Waals surface area (Å²) in [6, 6.07) is 1.30. The molecule has 1 heterocycles. The van der Waals surface area contributed by atoms with Gasteiger partial charge in [-0.15, -0.1) is 0 Å². The zero-order valence-corrected chi connectivity index (χ0v) is 11.3. The van der Waals surface area contributed by atoms with E-state index in [0.717, 1.165) is 12.1 Å². The number of nitrogens with one attached hydrogen (secondary N) is 1. The van der Waals surface area contributed by atoms with Gasteiger partial charge in [0.15, 0.2) is 11.6 Å². The van der Waals surface area contributed by atoms with Gasteiger partial charge in [0.2, 0.25) is 0 Å². The highest BCUT2D eigenvalue weighted by molar-refractivity contribution is 5.52. The molecule has 7 heteroatoms. The molecule has 1 saturated heterocycles. The number of nitrogens with zero attached hydrogens (tertiary/aromatic N) is 1. The Labute approximate surface area is 115 Å². The van der Waals surface area contributed by atoms with Crippen molar-refractivity contribution in [2.75, 3.05) is 11.9 Å². The van der Waals surface area contributed by atoms with Crippen LogP contribution >= 0.6 is 0 Å². The summed E-state index contributed by atoms with van der Waals surface area (Å²) < 4.78 is 33.1. The highest BCUT2D eigenvalue weighted by Crippen LogP contribution is 2.30. The number of anilines is 1. The minimum atomic E-state index is -0.957. The summed E-state index contributed by atoms with van der Waals surface area (Å²) in [4.78, 5) is 9.70. The van der Waals surface area contributed by atoms with Gasteiger partial charge >= 0.3 is 0 Å². The molecule has 1 atom stereocenters. The smallest absolute Gasteiger partial charge is 0.275 e. The van der Waals surface area contributed by atoms with Crippen LogP contribution in [-0.2, 0) is 4.74 Å². The Morgan fingerprint density at radius 1 is 1.40 bits per heavy atom. The Bertz CT molecular complexity index is 511. The van der Waals surface area contributed by atoms with E-state index in [9.17, 15) is 18.9 Å². The van der Waals surface area contributed by atoms with Crippen LogP contribution in [0.25, 0.3) is 0 Å². The van der Waals surface area contributed by atoms with E-state index < -0.39 is 22.2 Å². The van der Waals surface area contributed by atoms with Crippen LogP contribution < -0.4 is 5.32 Å². The first-order valence-electron chi connectivity index (χ1n) is 6.32. The summed E-state index contributed by atoms with van der Waals surface area (Å²) >= 11 is 0. The van der Waals surface area contributed by atoms with Crippen molar-refractivity contribution in [1.29, 1.82) is 0 Å². The second kappa shape index (κ2) is 5.32. The predicted molar refractivity (Wildman–Crippen MR) is 69.7 cm³/mol. The van der Waals surface area contributed by atoms with Gasteiger partial charge in [0, 0.05) is 12.6 Å². The zero-order chi connectivity index (χ0) is 14.9. The van der Waals surface area contributed by atoms with Gasteiger partial charge in [0.1, 0.15) is 5.69 Å². The van der Waals surface area contributed by atoms with Crippen molar-refractivity contribution < 1.29 is 18.4 Å². The average molecular weight is 286 g/mol. The molecule has 0 radical (unpaired) electrons. The molecule has 1 fully saturated rings. The van der Waals surface area contributed by atoms with Crippen LogP contribution in [0.5, 0.6) is 0 Å². The topological polar surface area (TPSA) is 64.4 Å². The third kappa shape index (κ3) is 3.22. The monoisotopic (exact) mass is 286 g/mol. The van der Waals surface area contributed by atoms with Gasteiger partial charge in [-0.1, -0.05) is 0 Å². The Kier molecular flexibility index (Phi) is 3.89. The number of nitro groups is 1. The van der Waals surface area contributed by atoms with Gasteiger partial charge in [-0.3, -0.25) is 10.1 Å². The van der Waals surface area contributed by atoms with Crippen LogP contribution in [-0.4, -0.2) is 23.2 Å². The third-order valence-corrected chi connectivity index (χ3v) is 3.28. The van der Waals surface area contributed by atoms with E-state index in [1.54, 1.807) is 0 Å². The molecule has 1 N–H and O–H groups in total. The van der Waals surface area contributed by atoms with Gasteiger partial charge in [-0.2, -0.15) is 0 Å². The number of hydrogen-bond donors (Lipinski definition) is 1. The van der Waals surface area contributed by atoms with Crippen LogP contribution in [0.15, 0.2) is 12.1 Å². The van der Waals surface area contributed by atoms with Crippen LogP contribution in [0.4, 0.5) is 20.2 Å². The van der Waals surface area contributed by atoms with E-state index in [1.807, 2.05) is 13.8 Å². The SMILES string of the molecule is CC1(C)CC(Nc2c(F)cc([N+](=O)[O-])cc2F)CCO1. The summed E-state index contributed by atoms with van der Waals surface area (Å²) in [5.41, 5.74) is -1.28. The summed E-state index contributed by atoms with van der Waals surface area (Å²) in [6.07, 6.45) is 1.22. The minimum absolute atomic E-state index is 0.135. The summed E-state index contributed by atoms with van der Waals surface area (Å²) in [7, 11) is 0. The number of nitro benzene ring substituents is 1. The zero-order valence-electron chi connectivity index (χ0n) is 11.3. The number of ether oxygens (including phenoxy) is 1. The lowest BCUT2D eigenvalue weighted by molar-refractivity contribution is -0.385. The van der Waals surface area contributed by atoms with Crippen LogP contribution in [0.2, 0.25) is 0 Å².